The average molecular weight is 463 g/mol. The van der Waals surface area contributed by atoms with E-state index in [0.717, 1.165) is 16.2 Å². The van der Waals surface area contributed by atoms with Crippen molar-refractivity contribution in [2.45, 2.75) is 31.6 Å². The Kier molecular flexibility index (Phi) is 6.12. The van der Waals surface area contributed by atoms with Gasteiger partial charge in [-0.3, -0.25) is 29.4 Å². The number of nitrogens with one attached hydrogen (secondary N) is 1. The van der Waals surface area contributed by atoms with Crippen LogP contribution in [0.3, 0.4) is 0 Å². The molecular formula is C25H25N3O6. The maximum Gasteiger partial charge on any atom is 0.262 e. The third-order valence-electron chi connectivity index (χ3n) is 6.33. The molecule has 2 saturated heterocycles. The van der Waals surface area contributed by atoms with Crippen LogP contribution >= 0.6 is 0 Å². The summed E-state index contributed by atoms with van der Waals surface area (Å²) in [5.74, 6) is -2.00. The van der Waals surface area contributed by atoms with Crippen LogP contribution in [0.5, 0.6) is 0 Å². The molecule has 4 amide bonds. The van der Waals surface area contributed by atoms with Crippen molar-refractivity contribution in [3.63, 3.8) is 0 Å². The lowest BCUT2D eigenvalue weighted by Crippen LogP contribution is -2.54. The van der Waals surface area contributed by atoms with E-state index in [-0.39, 0.29) is 30.1 Å². The van der Waals surface area contributed by atoms with Gasteiger partial charge in [-0.1, -0.05) is 30.3 Å². The molecule has 9 nitrogen and oxygen atoms in total. The minimum atomic E-state index is -0.959. The number of benzene rings is 2. The van der Waals surface area contributed by atoms with Crippen LogP contribution in [0.25, 0.3) is 0 Å². The highest BCUT2D eigenvalue weighted by Gasteiger charge is 2.45. The van der Waals surface area contributed by atoms with Gasteiger partial charge in [-0.15, -0.1) is 0 Å². The lowest BCUT2D eigenvalue weighted by atomic mass is 10.0. The summed E-state index contributed by atoms with van der Waals surface area (Å²) in [6, 6.07) is 14.1. The Morgan fingerprint density at radius 2 is 1.68 bits per heavy atom. The lowest BCUT2D eigenvalue weighted by Gasteiger charge is -2.40. The van der Waals surface area contributed by atoms with Crippen molar-refractivity contribution in [2.24, 2.45) is 0 Å². The SMILES string of the molecule is O=C1CCC(N2C(=O)c3ccc(N4CC(OCCOCc5ccccc5)C4)cc3C2=O)C(=O)N1. The molecule has 5 rings (SSSR count). The first-order chi connectivity index (χ1) is 16.5. The standard InChI is InChI=1S/C25H25N3O6/c29-22-9-8-21(23(30)26-22)28-24(31)19-7-6-17(12-20(19)25(28)32)27-13-18(14-27)34-11-10-33-15-16-4-2-1-3-5-16/h1-7,12,18,21H,8-11,13-15H2,(H,26,29,30). The number of amides is 4. The molecule has 3 aliphatic heterocycles. The van der Waals surface area contributed by atoms with Gasteiger partial charge in [0.15, 0.2) is 0 Å². The normalized spacial score (nSPS) is 20.4. The van der Waals surface area contributed by atoms with E-state index in [0.29, 0.717) is 32.9 Å². The topological polar surface area (TPSA) is 105 Å². The number of ether oxygens (including phenoxy) is 2. The van der Waals surface area contributed by atoms with Crippen molar-refractivity contribution in [3.05, 3.63) is 65.2 Å². The van der Waals surface area contributed by atoms with Gasteiger partial charge in [0, 0.05) is 25.2 Å². The first-order valence-electron chi connectivity index (χ1n) is 11.3. The fourth-order valence-electron chi connectivity index (χ4n) is 4.45. The average Bonchev–Trinajstić information content (AvgIpc) is 3.05. The smallest absolute Gasteiger partial charge is 0.262 e. The van der Waals surface area contributed by atoms with Gasteiger partial charge < -0.3 is 14.4 Å². The van der Waals surface area contributed by atoms with Crippen molar-refractivity contribution in [3.8, 4) is 0 Å². The van der Waals surface area contributed by atoms with Gasteiger partial charge in [0.1, 0.15) is 6.04 Å². The van der Waals surface area contributed by atoms with Gasteiger partial charge in [0.2, 0.25) is 11.8 Å². The Hall–Kier alpha value is -3.56. The van der Waals surface area contributed by atoms with Gasteiger partial charge in [0.05, 0.1) is 37.1 Å². The molecule has 0 radical (unpaired) electrons. The highest BCUT2D eigenvalue weighted by atomic mass is 16.5. The van der Waals surface area contributed by atoms with Crippen molar-refractivity contribution in [2.75, 3.05) is 31.2 Å². The van der Waals surface area contributed by atoms with Crippen LogP contribution in [0.4, 0.5) is 5.69 Å². The van der Waals surface area contributed by atoms with E-state index < -0.39 is 29.7 Å². The maximum atomic E-state index is 13.0. The third-order valence-corrected chi connectivity index (χ3v) is 6.33. The number of carbonyl (C=O) groups excluding carboxylic acids is 4. The molecule has 1 atom stereocenters. The number of rotatable bonds is 8. The van der Waals surface area contributed by atoms with E-state index >= 15 is 0 Å². The Morgan fingerprint density at radius 1 is 0.912 bits per heavy atom. The molecular weight excluding hydrogens is 438 g/mol. The fraction of sp³-hybridized carbons (Fsp3) is 0.360. The van der Waals surface area contributed by atoms with Gasteiger partial charge >= 0.3 is 0 Å². The number of piperidine rings is 1. The summed E-state index contributed by atoms with van der Waals surface area (Å²) in [6.07, 6.45) is 0.316. The van der Waals surface area contributed by atoms with Gasteiger partial charge in [-0.2, -0.15) is 0 Å². The quantitative estimate of drug-likeness (QED) is 0.467. The Labute approximate surface area is 196 Å². The van der Waals surface area contributed by atoms with Crippen LogP contribution in [-0.2, 0) is 25.7 Å². The molecule has 0 aliphatic carbocycles. The van der Waals surface area contributed by atoms with E-state index in [2.05, 4.69) is 10.2 Å². The number of imide groups is 2. The Balaban J connectivity index is 1.12. The highest BCUT2D eigenvalue weighted by Crippen LogP contribution is 2.32. The summed E-state index contributed by atoms with van der Waals surface area (Å²) in [6.45, 7) is 2.92. The molecule has 0 aromatic heterocycles. The number of anilines is 1. The molecule has 0 saturated carbocycles. The van der Waals surface area contributed by atoms with Crippen LogP contribution in [0.15, 0.2) is 48.5 Å². The minimum Gasteiger partial charge on any atom is -0.374 e. The number of hydrogen-bond acceptors (Lipinski definition) is 7. The predicted octanol–water partition coefficient (Wildman–Crippen LogP) is 1.51. The lowest BCUT2D eigenvalue weighted by molar-refractivity contribution is -0.136. The van der Waals surface area contributed by atoms with Gasteiger partial charge in [-0.05, 0) is 30.2 Å². The predicted molar refractivity (Wildman–Crippen MR) is 121 cm³/mol. The van der Waals surface area contributed by atoms with E-state index in [9.17, 15) is 19.2 Å². The van der Waals surface area contributed by atoms with Crippen molar-refractivity contribution in [1.82, 2.24) is 10.2 Å². The van der Waals surface area contributed by atoms with E-state index in [4.69, 9.17) is 9.47 Å². The van der Waals surface area contributed by atoms with Crippen LogP contribution < -0.4 is 10.2 Å². The maximum absolute atomic E-state index is 13.0. The Morgan fingerprint density at radius 3 is 2.44 bits per heavy atom. The minimum absolute atomic E-state index is 0.0749. The number of nitrogens with zero attached hydrogens (tertiary/aromatic N) is 2. The second-order valence-electron chi connectivity index (χ2n) is 8.61. The first-order valence-corrected chi connectivity index (χ1v) is 11.3. The summed E-state index contributed by atoms with van der Waals surface area (Å²) in [7, 11) is 0. The summed E-state index contributed by atoms with van der Waals surface area (Å²) >= 11 is 0. The summed E-state index contributed by atoms with van der Waals surface area (Å²) in [4.78, 5) is 52.4. The number of carbonyl (C=O) groups is 4. The number of fused-ring (bicyclic) bond motifs is 1. The zero-order valence-electron chi connectivity index (χ0n) is 18.6. The van der Waals surface area contributed by atoms with E-state index in [1.165, 1.54) is 0 Å². The summed E-state index contributed by atoms with van der Waals surface area (Å²) < 4.78 is 11.5. The molecule has 176 valence electrons. The zero-order chi connectivity index (χ0) is 23.7. The monoisotopic (exact) mass is 463 g/mol. The molecule has 1 N–H and O–H groups in total. The van der Waals surface area contributed by atoms with Gasteiger partial charge in [0.25, 0.3) is 11.8 Å². The van der Waals surface area contributed by atoms with Crippen LogP contribution in [-0.4, -0.2) is 67.0 Å². The second kappa shape index (κ2) is 9.36. The van der Waals surface area contributed by atoms with Crippen molar-refractivity contribution >= 4 is 29.3 Å². The van der Waals surface area contributed by atoms with E-state index in [1.807, 2.05) is 30.3 Å². The Bertz CT molecular complexity index is 1130. The molecule has 34 heavy (non-hydrogen) atoms. The zero-order valence-corrected chi connectivity index (χ0v) is 18.6. The molecule has 0 bridgehead atoms. The summed E-state index contributed by atoms with van der Waals surface area (Å²) in [5, 5.41) is 2.20. The first kappa shape index (κ1) is 22.2. The molecule has 0 spiro atoms. The number of hydrogen-bond donors (Lipinski definition) is 1. The van der Waals surface area contributed by atoms with Crippen LogP contribution in [0, 0.1) is 0 Å². The molecule has 2 aromatic rings. The third kappa shape index (κ3) is 4.32. The molecule has 9 heteroatoms. The van der Waals surface area contributed by atoms with Gasteiger partial charge in [-0.25, -0.2) is 0 Å². The second-order valence-corrected chi connectivity index (χ2v) is 8.61. The van der Waals surface area contributed by atoms with Crippen LogP contribution in [0.1, 0.15) is 39.1 Å². The molecule has 1 unspecified atom stereocenters. The summed E-state index contributed by atoms with van der Waals surface area (Å²) in [5.41, 5.74) is 2.51. The largest absolute Gasteiger partial charge is 0.374 e. The van der Waals surface area contributed by atoms with Crippen LogP contribution in [0.2, 0.25) is 0 Å². The van der Waals surface area contributed by atoms with Crippen molar-refractivity contribution < 1.29 is 28.7 Å². The molecule has 3 heterocycles. The van der Waals surface area contributed by atoms with E-state index in [1.54, 1.807) is 18.2 Å². The molecule has 2 fully saturated rings. The molecule has 3 aliphatic rings. The van der Waals surface area contributed by atoms with Crippen molar-refractivity contribution in [1.29, 1.82) is 0 Å². The highest BCUT2D eigenvalue weighted by molar-refractivity contribution is 6.23. The fourth-order valence-corrected chi connectivity index (χ4v) is 4.45. The molecule has 2 aromatic carbocycles.